The largest absolute Gasteiger partial charge is 0.395 e. The number of nitrogens with zero attached hydrogens (tertiary/aromatic N) is 2. The first-order valence-electron chi connectivity index (χ1n) is 6.51. The molecule has 2 saturated carbocycles. The van der Waals surface area contributed by atoms with E-state index in [4.69, 9.17) is 10.4 Å². The van der Waals surface area contributed by atoms with Crippen LogP contribution in [0.4, 0.5) is 0 Å². The van der Waals surface area contributed by atoms with Crippen LogP contribution in [0, 0.1) is 16.7 Å². The number of hydrogen-bond donors (Lipinski definition) is 1. The monoisotopic (exact) mass is 222 g/mol. The molecule has 2 aliphatic carbocycles. The van der Waals surface area contributed by atoms with Gasteiger partial charge in [0.1, 0.15) is 0 Å². The lowest BCUT2D eigenvalue weighted by molar-refractivity contribution is 0.126. The third kappa shape index (κ3) is 2.75. The minimum absolute atomic E-state index is 0.249. The standard InChI is InChI=1S/C13H22N2O/c14-8-7-13(5-6-13)11-15(9-10-16)12-3-1-2-4-12/h12,16H,1-7,9-11H2. The fourth-order valence-electron chi connectivity index (χ4n) is 2.95. The van der Waals surface area contributed by atoms with Crippen molar-refractivity contribution in [3.63, 3.8) is 0 Å². The summed E-state index contributed by atoms with van der Waals surface area (Å²) in [6, 6.07) is 2.99. The molecule has 0 unspecified atom stereocenters. The highest BCUT2D eigenvalue weighted by Crippen LogP contribution is 2.49. The lowest BCUT2D eigenvalue weighted by Crippen LogP contribution is -2.39. The molecule has 0 bridgehead atoms. The van der Waals surface area contributed by atoms with E-state index in [0.29, 0.717) is 12.5 Å². The van der Waals surface area contributed by atoms with Crippen LogP contribution in [-0.4, -0.2) is 35.7 Å². The minimum atomic E-state index is 0.249. The molecule has 0 aromatic carbocycles. The Labute approximate surface area is 98.1 Å². The van der Waals surface area contributed by atoms with E-state index in [0.717, 1.165) is 13.1 Å². The number of nitriles is 1. The molecule has 0 amide bonds. The normalized spacial score (nSPS) is 23.6. The average molecular weight is 222 g/mol. The van der Waals surface area contributed by atoms with Gasteiger partial charge in [-0.3, -0.25) is 4.90 Å². The molecule has 3 heteroatoms. The first-order valence-corrected chi connectivity index (χ1v) is 6.51. The van der Waals surface area contributed by atoms with Gasteiger partial charge in [0.05, 0.1) is 12.7 Å². The maximum atomic E-state index is 9.14. The summed E-state index contributed by atoms with van der Waals surface area (Å²) in [5, 5.41) is 18.0. The Morgan fingerprint density at radius 3 is 2.50 bits per heavy atom. The van der Waals surface area contributed by atoms with Crippen molar-refractivity contribution in [1.29, 1.82) is 5.26 Å². The van der Waals surface area contributed by atoms with E-state index in [1.165, 1.54) is 38.5 Å². The van der Waals surface area contributed by atoms with E-state index in [2.05, 4.69) is 11.0 Å². The second-order valence-corrected chi connectivity index (χ2v) is 5.47. The lowest BCUT2D eigenvalue weighted by atomic mass is 10.0. The van der Waals surface area contributed by atoms with Crippen LogP contribution in [0.15, 0.2) is 0 Å². The second kappa shape index (κ2) is 5.16. The molecule has 90 valence electrons. The smallest absolute Gasteiger partial charge is 0.0628 e. The highest BCUT2D eigenvalue weighted by atomic mass is 16.3. The van der Waals surface area contributed by atoms with Gasteiger partial charge in [0.25, 0.3) is 0 Å². The van der Waals surface area contributed by atoms with Crippen LogP contribution in [0.2, 0.25) is 0 Å². The van der Waals surface area contributed by atoms with Crippen molar-refractivity contribution in [2.24, 2.45) is 5.41 Å². The topological polar surface area (TPSA) is 47.3 Å². The third-order valence-electron chi connectivity index (χ3n) is 4.18. The quantitative estimate of drug-likeness (QED) is 0.747. The molecule has 0 heterocycles. The summed E-state index contributed by atoms with van der Waals surface area (Å²) in [6.07, 6.45) is 8.33. The molecule has 0 saturated heterocycles. The minimum Gasteiger partial charge on any atom is -0.395 e. The van der Waals surface area contributed by atoms with Gasteiger partial charge in [0.15, 0.2) is 0 Å². The summed E-state index contributed by atoms with van der Waals surface area (Å²) >= 11 is 0. The van der Waals surface area contributed by atoms with Crippen molar-refractivity contribution in [3.05, 3.63) is 0 Å². The van der Waals surface area contributed by atoms with Crippen LogP contribution in [0.1, 0.15) is 44.9 Å². The number of aliphatic hydroxyl groups excluding tert-OH is 1. The first kappa shape index (κ1) is 11.9. The summed E-state index contributed by atoms with van der Waals surface area (Å²) in [5.41, 5.74) is 0.284. The van der Waals surface area contributed by atoms with E-state index in [1.54, 1.807) is 0 Å². The van der Waals surface area contributed by atoms with Crippen molar-refractivity contribution in [2.45, 2.75) is 51.0 Å². The van der Waals surface area contributed by atoms with Gasteiger partial charge in [-0.15, -0.1) is 0 Å². The maximum Gasteiger partial charge on any atom is 0.0628 e. The summed E-state index contributed by atoms with van der Waals surface area (Å²) in [5.74, 6) is 0. The van der Waals surface area contributed by atoms with E-state index < -0.39 is 0 Å². The Morgan fingerprint density at radius 2 is 2.00 bits per heavy atom. The van der Waals surface area contributed by atoms with Gasteiger partial charge in [0, 0.05) is 25.6 Å². The molecule has 16 heavy (non-hydrogen) atoms. The number of hydrogen-bond acceptors (Lipinski definition) is 3. The third-order valence-corrected chi connectivity index (χ3v) is 4.18. The summed E-state index contributed by atoms with van der Waals surface area (Å²) < 4.78 is 0. The summed E-state index contributed by atoms with van der Waals surface area (Å²) in [4.78, 5) is 2.44. The number of aliphatic hydroxyl groups is 1. The molecule has 0 radical (unpaired) electrons. The van der Waals surface area contributed by atoms with Crippen molar-refractivity contribution < 1.29 is 5.11 Å². The van der Waals surface area contributed by atoms with Gasteiger partial charge in [-0.2, -0.15) is 5.26 Å². The summed E-state index contributed by atoms with van der Waals surface area (Å²) in [7, 11) is 0. The molecule has 2 aliphatic rings. The predicted octanol–water partition coefficient (Wildman–Crippen LogP) is 1.92. The van der Waals surface area contributed by atoms with Crippen LogP contribution in [0.3, 0.4) is 0 Å². The molecule has 0 spiro atoms. The summed E-state index contributed by atoms with van der Waals surface area (Å²) in [6.45, 7) is 2.07. The van der Waals surface area contributed by atoms with Crippen molar-refractivity contribution in [2.75, 3.05) is 19.7 Å². The van der Waals surface area contributed by atoms with Crippen LogP contribution >= 0.6 is 0 Å². The fraction of sp³-hybridized carbons (Fsp3) is 0.923. The molecule has 2 fully saturated rings. The molecule has 0 aromatic rings. The Bertz CT molecular complexity index is 262. The molecule has 2 rings (SSSR count). The highest BCUT2D eigenvalue weighted by molar-refractivity contribution is 5.02. The van der Waals surface area contributed by atoms with E-state index >= 15 is 0 Å². The van der Waals surface area contributed by atoms with Gasteiger partial charge in [-0.25, -0.2) is 0 Å². The fourth-order valence-corrected chi connectivity index (χ4v) is 2.95. The molecule has 3 nitrogen and oxygen atoms in total. The van der Waals surface area contributed by atoms with Crippen molar-refractivity contribution >= 4 is 0 Å². The van der Waals surface area contributed by atoms with E-state index in [9.17, 15) is 0 Å². The van der Waals surface area contributed by atoms with E-state index in [-0.39, 0.29) is 12.0 Å². The van der Waals surface area contributed by atoms with Crippen LogP contribution in [0.25, 0.3) is 0 Å². The zero-order valence-electron chi connectivity index (χ0n) is 9.99. The maximum absolute atomic E-state index is 9.14. The van der Waals surface area contributed by atoms with Crippen molar-refractivity contribution in [3.8, 4) is 6.07 Å². The average Bonchev–Trinajstić information content (AvgIpc) is 2.83. The Kier molecular flexibility index (Phi) is 3.83. The molecular weight excluding hydrogens is 200 g/mol. The molecule has 0 atom stereocenters. The lowest BCUT2D eigenvalue weighted by Gasteiger charge is -2.31. The van der Waals surface area contributed by atoms with Crippen LogP contribution < -0.4 is 0 Å². The van der Waals surface area contributed by atoms with Gasteiger partial charge in [-0.05, 0) is 31.1 Å². The molecular formula is C13H22N2O. The SMILES string of the molecule is N#CCC1(CN(CCO)C2CCCC2)CC1. The van der Waals surface area contributed by atoms with Gasteiger partial charge < -0.3 is 5.11 Å². The highest BCUT2D eigenvalue weighted by Gasteiger charge is 2.44. The Hall–Kier alpha value is -0.590. The predicted molar refractivity (Wildman–Crippen MR) is 62.8 cm³/mol. The molecule has 1 N–H and O–H groups in total. The number of rotatable bonds is 6. The van der Waals surface area contributed by atoms with Gasteiger partial charge in [0.2, 0.25) is 0 Å². The zero-order chi connectivity index (χ0) is 11.4. The van der Waals surface area contributed by atoms with Gasteiger partial charge in [-0.1, -0.05) is 12.8 Å². The van der Waals surface area contributed by atoms with E-state index in [1.807, 2.05) is 0 Å². The Morgan fingerprint density at radius 1 is 1.31 bits per heavy atom. The molecule has 0 aromatic heterocycles. The second-order valence-electron chi connectivity index (χ2n) is 5.47. The van der Waals surface area contributed by atoms with Gasteiger partial charge >= 0.3 is 0 Å². The van der Waals surface area contributed by atoms with Crippen LogP contribution in [0.5, 0.6) is 0 Å². The Balaban J connectivity index is 1.89. The first-order chi connectivity index (χ1) is 7.79. The zero-order valence-corrected chi connectivity index (χ0v) is 9.99. The van der Waals surface area contributed by atoms with Crippen molar-refractivity contribution in [1.82, 2.24) is 4.90 Å². The molecule has 0 aliphatic heterocycles. The van der Waals surface area contributed by atoms with Crippen LogP contribution in [-0.2, 0) is 0 Å².